The molecule has 0 aliphatic rings. The van der Waals surface area contributed by atoms with Crippen molar-refractivity contribution in [2.45, 2.75) is 19.9 Å². The summed E-state index contributed by atoms with van der Waals surface area (Å²) < 4.78 is 5.39. The van der Waals surface area contributed by atoms with Crippen molar-refractivity contribution in [1.82, 2.24) is 5.32 Å². The fourth-order valence-corrected chi connectivity index (χ4v) is 2.31. The summed E-state index contributed by atoms with van der Waals surface area (Å²) in [5, 5.41) is 8.86. The van der Waals surface area contributed by atoms with Crippen molar-refractivity contribution < 1.29 is 14.3 Å². The van der Waals surface area contributed by atoms with E-state index >= 15 is 0 Å². The highest BCUT2D eigenvalue weighted by atomic mass is 35.5. The molecule has 0 saturated heterocycles. The Morgan fingerprint density at radius 3 is 2.27 bits per heavy atom. The third-order valence-corrected chi connectivity index (χ3v) is 3.87. The molecule has 0 bridgehead atoms. The van der Waals surface area contributed by atoms with E-state index in [4.69, 9.17) is 27.9 Å². The number of amides is 3. The van der Waals surface area contributed by atoms with Gasteiger partial charge in [0, 0.05) is 12.1 Å². The van der Waals surface area contributed by atoms with Crippen LogP contribution in [0.2, 0.25) is 10.0 Å². The molecule has 0 unspecified atom stereocenters. The first-order valence-electron chi connectivity index (χ1n) is 7.89. The summed E-state index contributed by atoms with van der Waals surface area (Å²) in [6.45, 7) is 3.49. The Balaban J connectivity index is 1.96. The maximum atomic E-state index is 12.1. The van der Waals surface area contributed by atoms with Crippen molar-refractivity contribution in [3.05, 3.63) is 52.5 Å². The van der Waals surface area contributed by atoms with Gasteiger partial charge in [-0.05, 0) is 38.1 Å². The molecule has 3 N–H and O–H groups in total. The van der Waals surface area contributed by atoms with Crippen molar-refractivity contribution in [3.63, 3.8) is 0 Å². The summed E-state index contributed by atoms with van der Waals surface area (Å²) in [6.07, 6.45) is 0. The van der Waals surface area contributed by atoms with E-state index in [0.717, 1.165) is 0 Å². The molecule has 0 spiro atoms. The lowest BCUT2D eigenvalue weighted by atomic mass is 10.2. The first kappa shape index (κ1) is 19.9. The first-order valence-corrected chi connectivity index (χ1v) is 8.65. The second kappa shape index (κ2) is 9.31. The molecule has 6 nitrogen and oxygen atoms in total. The van der Waals surface area contributed by atoms with Gasteiger partial charge in [-0.2, -0.15) is 0 Å². The monoisotopic (exact) mass is 395 g/mol. The SMILES string of the molecule is CC(C)NC(=O)Nc1ccccc1NC(=O)COc1ccc(Cl)c(Cl)c1. The molecule has 0 fully saturated rings. The van der Waals surface area contributed by atoms with Crippen LogP contribution in [0.5, 0.6) is 5.75 Å². The van der Waals surface area contributed by atoms with Crippen LogP contribution in [0.25, 0.3) is 0 Å². The van der Waals surface area contributed by atoms with Gasteiger partial charge in [-0.15, -0.1) is 0 Å². The van der Waals surface area contributed by atoms with E-state index in [9.17, 15) is 9.59 Å². The number of rotatable bonds is 6. The van der Waals surface area contributed by atoms with Crippen molar-refractivity contribution in [2.24, 2.45) is 0 Å². The second-order valence-electron chi connectivity index (χ2n) is 5.71. The zero-order valence-corrected chi connectivity index (χ0v) is 15.8. The van der Waals surface area contributed by atoms with Gasteiger partial charge in [0.05, 0.1) is 21.4 Å². The minimum Gasteiger partial charge on any atom is -0.484 e. The normalized spacial score (nSPS) is 10.3. The average molecular weight is 396 g/mol. The molecule has 0 aliphatic heterocycles. The predicted octanol–water partition coefficient (Wildman–Crippen LogP) is 4.54. The van der Waals surface area contributed by atoms with E-state index in [2.05, 4.69) is 16.0 Å². The van der Waals surface area contributed by atoms with Crippen LogP contribution in [0.3, 0.4) is 0 Å². The number of halogens is 2. The molecule has 138 valence electrons. The van der Waals surface area contributed by atoms with Gasteiger partial charge >= 0.3 is 6.03 Å². The number of benzene rings is 2. The number of para-hydroxylation sites is 2. The smallest absolute Gasteiger partial charge is 0.319 e. The van der Waals surface area contributed by atoms with Crippen molar-refractivity contribution in [2.75, 3.05) is 17.2 Å². The quantitative estimate of drug-likeness (QED) is 0.671. The number of hydrogen-bond acceptors (Lipinski definition) is 3. The minimum absolute atomic E-state index is 0.00338. The minimum atomic E-state index is -0.380. The standard InChI is InChI=1S/C18H19Cl2N3O3/c1-11(2)21-18(25)23-16-6-4-3-5-15(16)22-17(24)10-26-12-7-8-13(19)14(20)9-12/h3-9,11H,10H2,1-2H3,(H,22,24)(H2,21,23,25). The zero-order valence-electron chi connectivity index (χ0n) is 14.3. The lowest BCUT2D eigenvalue weighted by Crippen LogP contribution is -2.34. The van der Waals surface area contributed by atoms with Crippen LogP contribution >= 0.6 is 23.2 Å². The topological polar surface area (TPSA) is 79.5 Å². The van der Waals surface area contributed by atoms with E-state index in [-0.39, 0.29) is 24.6 Å². The number of ether oxygens (including phenoxy) is 1. The predicted molar refractivity (Wildman–Crippen MR) is 104 cm³/mol. The number of urea groups is 1. The van der Waals surface area contributed by atoms with Gasteiger partial charge in [0.1, 0.15) is 5.75 Å². The summed E-state index contributed by atoms with van der Waals surface area (Å²) in [7, 11) is 0. The molecule has 2 aromatic carbocycles. The van der Waals surface area contributed by atoms with Crippen molar-refractivity contribution in [3.8, 4) is 5.75 Å². The largest absolute Gasteiger partial charge is 0.484 e. The van der Waals surface area contributed by atoms with Gasteiger partial charge in [0.25, 0.3) is 5.91 Å². The number of anilines is 2. The Hall–Kier alpha value is -2.44. The maximum absolute atomic E-state index is 12.1. The third-order valence-electron chi connectivity index (χ3n) is 3.13. The number of carbonyl (C=O) groups is 2. The molecular formula is C18H19Cl2N3O3. The van der Waals surface area contributed by atoms with E-state index in [1.54, 1.807) is 36.4 Å². The Morgan fingerprint density at radius 2 is 1.65 bits per heavy atom. The molecule has 0 aromatic heterocycles. The van der Waals surface area contributed by atoms with Crippen LogP contribution in [-0.2, 0) is 4.79 Å². The third kappa shape index (κ3) is 6.13. The van der Waals surface area contributed by atoms with Crippen LogP contribution in [0, 0.1) is 0 Å². The maximum Gasteiger partial charge on any atom is 0.319 e. The lowest BCUT2D eigenvalue weighted by molar-refractivity contribution is -0.118. The van der Waals surface area contributed by atoms with Gasteiger partial charge in [0.15, 0.2) is 6.61 Å². The number of carbonyl (C=O) groups excluding carboxylic acids is 2. The van der Waals surface area contributed by atoms with Gasteiger partial charge < -0.3 is 20.7 Å². The molecule has 0 saturated carbocycles. The van der Waals surface area contributed by atoms with Crippen molar-refractivity contribution in [1.29, 1.82) is 0 Å². The molecule has 0 aliphatic carbocycles. The Morgan fingerprint density at radius 1 is 1.00 bits per heavy atom. The van der Waals surface area contributed by atoms with E-state index in [1.807, 2.05) is 13.8 Å². The van der Waals surface area contributed by atoms with Crippen LogP contribution in [-0.4, -0.2) is 24.6 Å². The highest BCUT2D eigenvalue weighted by molar-refractivity contribution is 6.42. The van der Waals surface area contributed by atoms with Crippen LogP contribution in [0.1, 0.15) is 13.8 Å². The van der Waals surface area contributed by atoms with Gasteiger partial charge in [0.2, 0.25) is 0 Å². The Kier molecular flexibility index (Phi) is 7.12. The van der Waals surface area contributed by atoms with Crippen molar-refractivity contribution >= 4 is 46.5 Å². The molecule has 0 atom stereocenters. The van der Waals surface area contributed by atoms with Crippen LogP contribution in [0.4, 0.5) is 16.2 Å². The highest BCUT2D eigenvalue weighted by Gasteiger charge is 2.11. The molecule has 2 rings (SSSR count). The van der Waals surface area contributed by atoms with Crippen LogP contribution < -0.4 is 20.7 Å². The molecule has 0 heterocycles. The summed E-state index contributed by atoms with van der Waals surface area (Å²) in [5.74, 6) is 0.0480. The van der Waals surface area contributed by atoms with E-state index < -0.39 is 0 Å². The summed E-state index contributed by atoms with van der Waals surface area (Å²) in [6, 6.07) is 11.3. The lowest BCUT2D eigenvalue weighted by Gasteiger charge is -2.14. The van der Waals surface area contributed by atoms with E-state index in [1.165, 1.54) is 6.07 Å². The van der Waals surface area contributed by atoms with Crippen LogP contribution in [0.15, 0.2) is 42.5 Å². The Labute approximate surface area is 161 Å². The number of nitrogens with one attached hydrogen (secondary N) is 3. The summed E-state index contributed by atoms with van der Waals surface area (Å²) in [5.41, 5.74) is 0.947. The van der Waals surface area contributed by atoms with Gasteiger partial charge in [-0.3, -0.25) is 4.79 Å². The summed E-state index contributed by atoms with van der Waals surface area (Å²) in [4.78, 5) is 24.0. The first-order chi connectivity index (χ1) is 12.3. The van der Waals surface area contributed by atoms with Gasteiger partial charge in [-0.1, -0.05) is 35.3 Å². The summed E-state index contributed by atoms with van der Waals surface area (Å²) >= 11 is 11.7. The zero-order chi connectivity index (χ0) is 19.1. The molecule has 26 heavy (non-hydrogen) atoms. The molecule has 2 aromatic rings. The highest BCUT2D eigenvalue weighted by Crippen LogP contribution is 2.26. The fraction of sp³-hybridized carbons (Fsp3) is 0.222. The average Bonchev–Trinajstić information content (AvgIpc) is 2.57. The van der Waals surface area contributed by atoms with E-state index in [0.29, 0.717) is 27.2 Å². The van der Waals surface area contributed by atoms with Gasteiger partial charge in [-0.25, -0.2) is 4.79 Å². The molecular weight excluding hydrogens is 377 g/mol. The fourth-order valence-electron chi connectivity index (χ4n) is 2.02. The molecule has 3 amide bonds. The second-order valence-corrected chi connectivity index (χ2v) is 6.53. The molecule has 8 heteroatoms. The number of hydrogen-bond donors (Lipinski definition) is 3. The molecule has 0 radical (unpaired) electrons. The Bertz CT molecular complexity index is 797.